The minimum Gasteiger partial charge on any atom is -0.493 e. The molecule has 1 amide bonds. The Kier molecular flexibility index (Phi) is 6.75. The van der Waals surface area contributed by atoms with Crippen LogP contribution in [-0.4, -0.2) is 26.7 Å². The topological polar surface area (TPSA) is 87.0 Å². The maximum absolute atomic E-state index is 13.3. The van der Waals surface area contributed by atoms with E-state index in [1.807, 2.05) is 13.0 Å². The van der Waals surface area contributed by atoms with E-state index in [4.69, 9.17) is 30.2 Å². The van der Waals surface area contributed by atoms with Gasteiger partial charge in [0.05, 0.1) is 24.6 Å². The number of halogens is 1. The molecule has 0 aliphatic rings. The molecule has 0 saturated heterocycles. The predicted molar refractivity (Wildman–Crippen MR) is 131 cm³/mol. The summed E-state index contributed by atoms with van der Waals surface area (Å²) in [6.07, 6.45) is 0. The molecule has 1 aromatic heterocycles. The van der Waals surface area contributed by atoms with Crippen LogP contribution in [0.2, 0.25) is 5.02 Å². The average molecular weight is 480 g/mol. The number of hydrogen-bond acceptors (Lipinski definition) is 6. The molecule has 0 bridgehead atoms. The second kappa shape index (κ2) is 9.89. The molecule has 0 fully saturated rings. The number of aryl methyl sites for hydroxylation is 1. The fourth-order valence-corrected chi connectivity index (χ4v) is 3.71. The van der Waals surface area contributed by atoms with Crippen molar-refractivity contribution in [2.45, 2.75) is 6.92 Å². The lowest BCUT2D eigenvalue weighted by atomic mass is 10.1. The van der Waals surface area contributed by atoms with Gasteiger partial charge in [-0.05, 0) is 48.9 Å². The highest BCUT2D eigenvalue weighted by Gasteiger charge is 2.21. The standard InChI is InChI=1S/C26H22ClNO6/c1-15-8-10-18-21(12-15)34-25(17-6-4-5-7-19(17)27)26(24(18)30)33-14-23(29)28-16-9-11-20(31-2)22(13-16)32-3/h4-13H,14H2,1-3H3,(H,28,29). The summed E-state index contributed by atoms with van der Waals surface area (Å²) in [4.78, 5) is 25.9. The Bertz CT molecular complexity index is 1430. The van der Waals surface area contributed by atoms with Gasteiger partial charge in [0.25, 0.3) is 5.91 Å². The Morgan fingerprint density at radius 3 is 2.50 bits per heavy atom. The minimum absolute atomic E-state index is 0.0908. The van der Waals surface area contributed by atoms with Crippen LogP contribution in [0.4, 0.5) is 5.69 Å². The molecule has 0 aliphatic carbocycles. The number of amides is 1. The monoisotopic (exact) mass is 479 g/mol. The lowest BCUT2D eigenvalue weighted by Crippen LogP contribution is -2.22. The molecule has 3 aromatic carbocycles. The number of hydrogen-bond donors (Lipinski definition) is 1. The summed E-state index contributed by atoms with van der Waals surface area (Å²) >= 11 is 6.37. The zero-order valence-corrected chi connectivity index (χ0v) is 19.6. The fraction of sp³-hybridized carbons (Fsp3) is 0.154. The van der Waals surface area contributed by atoms with Gasteiger partial charge in [0, 0.05) is 17.3 Å². The van der Waals surface area contributed by atoms with Gasteiger partial charge in [-0.2, -0.15) is 0 Å². The maximum atomic E-state index is 13.3. The van der Waals surface area contributed by atoms with Crippen molar-refractivity contribution in [3.05, 3.63) is 81.5 Å². The van der Waals surface area contributed by atoms with Crippen LogP contribution in [0.3, 0.4) is 0 Å². The Morgan fingerprint density at radius 1 is 1.00 bits per heavy atom. The Morgan fingerprint density at radius 2 is 1.76 bits per heavy atom. The summed E-state index contributed by atoms with van der Waals surface area (Å²) in [6, 6.07) is 17.2. The second-order valence-corrected chi connectivity index (χ2v) is 7.88. The van der Waals surface area contributed by atoms with E-state index in [-0.39, 0.29) is 11.5 Å². The number of methoxy groups -OCH3 is 2. The summed E-state index contributed by atoms with van der Waals surface area (Å²) in [5, 5.41) is 3.45. The quantitative estimate of drug-likeness (QED) is 0.379. The van der Waals surface area contributed by atoms with Crippen LogP contribution in [0, 0.1) is 6.92 Å². The van der Waals surface area contributed by atoms with Crippen LogP contribution in [0.15, 0.2) is 69.9 Å². The van der Waals surface area contributed by atoms with E-state index in [9.17, 15) is 9.59 Å². The van der Waals surface area contributed by atoms with E-state index in [0.29, 0.717) is 38.7 Å². The zero-order chi connectivity index (χ0) is 24.2. The molecule has 8 heteroatoms. The van der Waals surface area contributed by atoms with Gasteiger partial charge in [0.2, 0.25) is 11.2 Å². The summed E-state index contributed by atoms with van der Waals surface area (Å²) < 4.78 is 22.2. The smallest absolute Gasteiger partial charge is 0.262 e. The average Bonchev–Trinajstić information content (AvgIpc) is 2.83. The zero-order valence-electron chi connectivity index (χ0n) is 18.8. The normalized spacial score (nSPS) is 10.7. The largest absolute Gasteiger partial charge is 0.493 e. The number of carbonyl (C=O) groups excluding carboxylic acids is 1. The summed E-state index contributed by atoms with van der Waals surface area (Å²) in [6.45, 7) is 1.48. The maximum Gasteiger partial charge on any atom is 0.262 e. The molecule has 1 N–H and O–H groups in total. The van der Waals surface area contributed by atoms with Gasteiger partial charge >= 0.3 is 0 Å². The van der Waals surface area contributed by atoms with Crippen molar-refractivity contribution < 1.29 is 23.4 Å². The molecule has 0 atom stereocenters. The summed E-state index contributed by atoms with van der Waals surface area (Å²) in [7, 11) is 3.03. The Labute approximate surface area is 200 Å². The van der Waals surface area contributed by atoms with E-state index in [1.54, 1.807) is 54.6 Å². The lowest BCUT2D eigenvalue weighted by molar-refractivity contribution is -0.118. The van der Waals surface area contributed by atoms with E-state index in [2.05, 4.69) is 5.32 Å². The van der Waals surface area contributed by atoms with Gasteiger partial charge in [0.1, 0.15) is 5.58 Å². The molecule has 1 heterocycles. The first-order chi connectivity index (χ1) is 16.4. The van der Waals surface area contributed by atoms with Gasteiger partial charge < -0.3 is 23.9 Å². The van der Waals surface area contributed by atoms with E-state index in [1.165, 1.54) is 14.2 Å². The van der Waals surface area contributed by atoms with Crippen LogP contribution < -0.4 is 25.0 Å². The highest BCUT2D eigenvalue weighted by Crippen LogP contribution is 2.35. The number of anilines is 1. The molecule has 34 heavy (non-hydrogen) atoms. The first-order valence-corrected chi connectivity index (χ1v) is 10.8. The number of fused-ring (bicyclic) bond motifs is 1. The summed E-state index contributed by atoms with van der Waals surface area (Å²) in [5.41, 5.74) is 1.92. The minimum atomic E-state index is -0.472. The lowest BCUT2D eigenvalue weighted by Gasteiger charge is -2.13. The third-order valence-electron chi connectivity index (χ3n) is 5.14. The molecular formula is C26H22ClNO6. The number of nitrogens with one attached hydrogen (secondary N) is 1. The molecule has 7 nitrogen and oxygen atoms in total. The van der Waals surface area contributed by atoms with Gasteiger partial charge in [-0.1, -0.05) is 29.8 Å². The van der Waals surface area contributed by atoms with Crippen LogP contribution in [0.25, 0.3) is 22.3 Å². The first kappa shape index (κ1) is 23.2. The van der Waals surface area contributed by atoms with Crippen LogP contribution in [-0.2, 0) is 4.79 Å². The van der Waals surface area contributed by atoms with Gasteiger partial charge in [-0.3, -0.25) is 9.59 Å². The molecule has 0 aliphatic heterocycles. The Balaban J connectivity index is 1.66. The van der Waals surface area contributed by atoms with Crippen LogP contribution in [0.5, 0.6) is 17.2 Å². The van der Waals surface area contributed by atoms with Gasteiger partial charge in [-0.15, -0.1) is 0 Å². The number of ether oxygens (including phenoxy) is 3. The van der Waals surface area contributed by atoms with Crippen LogP contribution in [0.1, 0.15) is 5.56 Å². The Hall–Kier alpha value is -3.97. The number of carbonyl (C=O) groups is 1. The number of benzene rings is 3. The van der Waals surface area contributed by atoms with E-state index >= 15 is 0 Å². The third kappa shape index (κ3) is 4.70. The molecule has 4 aromatic rings. The van der Waals surface area contributed by atoms with Gasteiger partial charge in [-0.25, -0.2) is 0 Å². The van der Waals surface area contributed by atoms with Crippen molar-refractivity contribution in [1.82, 2.24) is 0 Å². The molecule has 0 spiro atoms. The SMILES string of the molecule is COc1ccc(NC(=O)COc2c(-c3ccccc3Cl)oc3cc(C)ccc3c2=O)cc1OC. The van der Waals surface area contributed by atoms with Crippen molar-refractivity contribution in [1.29, 1.82) is 0 Å². The van der Waals surface area contributed by atoms with Crippen molar-refractivity contribution >= 4 is 34.2 Å². The highest BCUT2D eigenvalue weighted by atomic mass is 35.5. The van der Waals surface area contributed by atoms with Gasteiger partial charge in [0.15, 0.2) is 23.9 Å². The molecule has 0 radical (unpaired) electrons. The van der Waals surface area contributed by atoms with Crippen molar-refractivity contribution in [3.8, 4) is 28.6 Å². The van der Waals surface area contributed by atoms with E-state index in [0.717, 1.165) is 5.56 Å². The first-order valence-electron chi connectivity index (χ1n) is 10.4. The van der Waals surface area contributed by atoms with E-state index < -0.39 is 17.9 Å². The molecule has 0 unspecified atom stereocenters. The molecular weight excluding hydrogens is 458 g/mol. The second-order valence-electron chi connectivity index (χ2n) is 7.48. The predicted octanol–water partition coefficient (Wildman–Crippen LogP) is 5.46. The van der Waals surface area contributed by atoms with Crippen molar-refractivity contribution in [2.24, 2.45) is 0 Å². The molecule has 174 valence electrons. The van der Waals surface area contributed by atoms with Crippen LogP contribution >= 0.6 is 11.6 Å². The fourth-order valence-electron chi connectivity index (χ4n) is 3.49. The van der Waals surface area contributed by atoms with Crippen molar-refractivity contribution in [3.63, 3.8) is 0 Å². The summed E-state index contributed by atoms with van der Waals surface area (Å²) in [5.74, 6) is 0.595. The number of rotatable bonds is 7. The van der Waals surface area contributed by atoms with Crippen molar-refractivity contribution in [2.75, 3.05) is 26.1 Å². The third-order valence-corrected chi connectivity index (χ3v) is 5.47. The molecule has 0 saturated carbocycles. The highest BCUT2D eigenvalue weighted by molar-refractivity contribution is 6.33. The molecule has 4 rings (SSSR count).